The fourth-order valence-electron chi connectivity index (χ4n) is 2.29. The van der Waals surface area contributed by atoms with Crippen LogP contribution in [0.1, 0.15) is 24.2 Å². The Bertz CT molecular complexity index is 655. The van der Waals surface area contributed by atoms with Gasteiger partial charge in [-0.3, -0.25) is 4.79 Å². The van der Waals surface area contributed by atoms with Gasteiger partial charge in [-0.05, 0) is 35.7 Å². The third kappa shape index (κ3) is 4.99. The number of nitrogens with one attached hydrogen (secondary N) is 1. The average Bonchev–Trinajstić information content (AvgIpc) is 2.64. The molecular weight excluding hydrogens is 306 g/mol. The topological polar surface area (TPSA) is 67.8 Å². The molecule has 0 aromatic heterocycles. The van der Waals surface area contributed by atoms with Crippen LogP contribution in [0.15, 0.2) is 48.5 Å². The van der Waals surface area contributed by atoms with Gasteiger partial charge in [0.1, 0.15) is 11.5 Å². The molecule has 0 saturated carbocycles. The smallest absolute Gasteiger partial charge is 0.258 e. The maximum absolute atomic E-state index is 11.9. The summed E-state index contributed by atoms with van der Waals surface area (Å²) in [5.74, 6) is 1.16. The zero-order valence-corrected chi connectivity index (χ0v) is 14.0. The lowest BCUT2D eigenvalue weighted by molar-refractivity contribution is -0.123. The van der Waals surface area contributed by atoms with Crippen LogP contribution in [0.4, 0.5) is 0 Å². The molecule has 2 aromatic carbocycles. The third-order valence-electron chi connectivity index (χ3n) is 3.71. The Kier molecular flexibility index (Phi) is 6.63. The first-order valence-corrected chi connectivity index (χ1v) is 7.93. The summed E-state index contributed by atoms with van der Waals surface area (Å²) in [5.41, 5.74) is 1.77. The minimum absolute atomic E-state index is 0.0770. The molecule has 0 fully saturated rings. The largest absolute Gasteiger partial charge is 0.497 e. The summed E-state index contributed by atoms with van der Waals surface area (Å²) in [6.07, 6.45) is 0.0660. The molecule has 0 aliphatic heterocycles. The van der Waals surface area contributed by atoms with Crippen molar-refractivity contribution in [2.24, 2.45) is 0 Å². The summed E-state index contributed by atoms with van der Waals surface area (Å²) in [6.45, 7) is 2.09. The molecule has 0 saturated heterocycles. The molecule has 0 radical (unpaired) electrons. The number of amides is 1. The van der Waals surface area contributed by atoms with Crippen LogP contribution in [0, 0.1) is 0 Å². The fourth-order valence-corrected chi connectivity index (χ4v) is 2.29. The van der Waals surface area contributed by atoms with Gasteiger partial charge in [0.05, 0.1) is 13.2 Å². The van der Waals surface area contributed by atoms with Crippen LogP contribution in [0.5, 0.6) is 11.5 Å². The normalized spacial score (nSPS) is 11.6. The third-order valence-corrected chi connectivity index (χ3v) is 3.71. The second-order valence-corrected chi connectivity index (χ2v) is 5.34. The van der Waals surface area contributed by atoms with E-state index in [1.54, 1.807) is 31.4 Å². The lowest BCUT2D eigenvalue weighted by Gasteiger charge is -2.14. The summed E-state index contributed by atoms with van der Waals surface area (Å²) >= 11 is 0. The van der Waals surface area contributed by atoms with E-state index in [1.165, 1.54) is 0 Å². The first-order chi connectivity index (χ1) is 11.6. The van der Waals surface area contributed by atoms with E-state index in [4.69, 9.17) is 9.47 Å². The molecule has 0 spiro atoms. The van der Waals surface area contributed by atoms with Gasteiger partial charge in [-0.1, -0.05) is 37.3 Å². The predicted octanol–water partition coefficient (Wildman–Crippen LogP) is 2.49. The second-order valence-electron chi connectivity index (χ2n) is 5.34. The monoisotopic (exact) mass is 329 g/mol. The van der Waals surface area contributed by atoms with Gasteiger partial charge < -0.3 is 19.9 Å². The minimum Gasteiger partial charge on any atom is -0.497 e. The number of benzene rings is 2. The summed E-state index contributed by atoms with van der Waals surface area (Å²) < 4.78 is 10.6. The van der Waals surface area contributed by atoms with Crippen molar-refractivity contribution < 1.29 is 19.4 Å². The molecule has 2 rings (SSSR count). The Balaban J connectivity index is 1.79. The predicted molar refractivity (Wildman–Crippen MR) is 92.3 cm³/mol. The number of carbonyl (C=O) groups excluding carboxylic acids is 1. The van der Waals surface area contributed by atoms with Crippen LogP contribution in [-0.2, 0) is 11.2 Å². The highest BCUT2D eigenvalue weighted by Gasteiger charge is 2.11. The van der Waals surface area contributed by atoms with Crippen molar-refractivity contribution in [2.45, 2.75) is 19.4 Å². The average molecular weight is 329 g/mol. The lowest BCUT2D eigenvalue weighted by atomic mass is 10.1. The Morgan fingerprint density at radius 2 is 1.88 bits per heavy atom. The van der Waals surface area contributed by atoms with Gasteiger partial charge >= 0.3 is 0 Å². The van der Waals surface area contributed by atoms with E-state index in [1.807, 2.05) is 31.2 Å². The molecule has 0 aliphatic rings. The first kappa shape index (κ1) is 17.8. The number of para-hydroxylation sites is 1. The lowest BCUT2D eigenvalue weighted by Crippen LogP contribution is -2.32. The summed E-state index contributed by atoms with van der Waals surface area (Å²) in [5, 5.41) is 12.8. The molecule has 0 heterocycles. The summed E-state index contributed by atoms with van der Waals surface area (Å²) in [4.78, 5) is 11.9. The molecule has 2 aromatic rings. The van der Waals surface area contributed by atoms with Gasteiger partial charge in [-0.15, -0.1) is 0 Å². The zero-order chi connectivity index (χ0) is 17.4. The van der Waals surface area contributed by atoms with Gasteiger partial charge in [0, 0.05) is 6.54 Å². The molecule has 5 heteroatoms. The van der Waals surface area contributed by atoms with Crippen LogP contribution in [-0.4, -0.2) is 31.3 Å². The quantitative estimate of drug-likeness (QED) is 0.781. The van der Waals surface area contributed by atoms with Crippen molar-refractivity contribution in [3.63, 3.8) is 0 Å². The number of aliphatic hydroxyl groups is 1. The van der Waals surface area contributed by atoms with E-state index in [-0.39, 0.29) is 19.1 Å². The molecular formula is C19H23NO4. The number of rotatable bonds is 8. The molecule has 1 unspecified atom stereocenters. The van der Waals surface area contributed by atoms with Gasteiger partial charge in [0.25, 0.3) is 5.91 Å². The van der Waals surface area contributed by atoms with E-state index >= 15 is 0 Å². The first-order valence-electron chi connectivity index (χ1n) is 7.93. The zero-order valence-electron chi connectivity index (χ0n) is 14.0. The molecule has 128 valence electrons. The fraction of sp³-hybridized carbons (Fsp3) is 0.316. The molecule has 2 N–H and O–H groups in total. The second kappa shape index (κ2) is 8.93. The van der Waals surface area contributed by atoms with Crippen molar-refractivity contribution in [1.29, 1.82) is 0 Å². The molecule has 5 nitrogen and oxygen atoms in total. The maximum atomic E-state index is 11.9. The number of hydrogen-bond donors (Lipinski definition) is 2. The van der Waals surface area contributed by atoms with Crippen LogP contribution in [0.25, 0.3) is 0 Å². The van der Waals surface area contributed by atoms with Crippen molar-refractivity contribution >= 4 is 5.91 Å². The summed E-state index contributed by atoms with van der Waals surface area (Å²) in [7, 11) is 1.59. The van der Waals surface area contributed by atoms with Crippen LogP contribution in [0.2, 0.25) is 0 Å². The van der Waals surface area contributed by atoms with E-state index in [9.17, 15) is 9.90 Å². The molecule has 24 heavy (non-hydrogen) atoms. The molecule has 0 aliphatic carbocycles. The van der Waals surface area contributed by atoms with Crippen LogP contribution in [0.3, 0.4) is 0 Å². The van der Waals surface area contributed by atoms with E-state index in [0.29, 0.717) is 11.3 Å². The van der Waals surface area contributed by atoms with Gasteiger partial charge in [0.2, 0.25) is 0 Å². The van der Waals surface area contributed by atoms with Gasteiger partial charge in [-0.2, -0.15) is 0 Å². The van der Waals surface area contributed by atoms with Crippen molar-refractivity contribution in [2.75, 3.05) is 20.3 Å². The Morgan fingerprint density at radius 1 is 1.17 bits per heavy atom. The summed E-state index contributed by atoms with van der Waals surface area (Å²) in [6, 6.07) is 14.7. The van der Waals surface area contributed by atoms with Gasteiger partial charge in [-0.25, -0.2) is 0 Å². The van der Waals surface area contributed by atoms with E-state index in [0.717, 1.165) is 17.7 Å². The SMILES string of the molecule is CCc1ccccc1OCC(=O)NCC(O)c1ccc(OC)cc1. The van der Waals surface area contributed by atoms with Crippen molar-refractivity contribution in [3.8, 4) is 11.5 Å². The molecule has 1 amide bonds. The van der Waals surface area contributed by atoms with E-state index < -0.39 is 6.10 Å². The van der Waals surface area contributed by atoms with Crippen LogP contribution < -0.4 is 14.8 Å². The number of aryl methyl sites for hydroxylation is 1. The molecule has 0 bridgehead atoms. The van der Waals surface area contributed by atoms with Crippen molar-refractivity contribution in [1.82, 2.24) is 5.32 Å². The number of hydrogen-bond acceptors (Lipinski definition) is 4. The standard InChI is InChI=1S/C19H23NO4/c1-3-14-6-4-5-7-18(14)24-13-19(22)20-12-17(21)15-8-10-16(23-2)11-9-15/h4-11,17,21H,3,12-13H2,1-2H3,(H,20,22). The highest BCUT2D eigenvalue weighted by atomic mass is 16.5. The van der Waals surface area contributed by atoms with Crippen LogP contribution >= 0.6 is 0 Å². The number of methoxy groups -OCH3 is 1. The molecule has 1 atom stereocenters. The van der Waals surface area contributed by atoms with E-state index in [2.05, 4.69) is 5.32 Å². The Morgan fingerprint density at radius 3 is 2.54 bits per heavy atom. The highest BCUT2D eigenvalue weighted by molar-refractivity contribution is 5.77. The van der Waals surface area contributed by atoms with Gasteiger partial charge in [0.15, 0.2) is 6.61 Å². The highest BCUT2D eigenvalue weighted by Crippen LogP contribution is 2.18. The number of carbonyl (C=O) groups is 1. The number of aliphatic hydroxyl groups excluding tert-OH is 1. The maximum Gasteiger partial charge on any atom is 0.258 e. The Labute approximate surface area is 142 Å². The number of ether oxygens (including phenoxy) is 2. The van der Waals surface area contributed by atoms with Crippen molar-refractivity contribution in [3.05, 3.63) is 59.7 Å². The minimum atomic E-state index is -0.775. The Hall–Kier alpha value is -2.53.